The zero-order chi connectivity index (χ0) is 37.6. The van der Waals surface area contributed by atoms with Crippen molar-refractivity contribution in [3.05, 3.63) is 134 Å². The van der Waals surface area contributed by atoms with Crippen molar-refractivity contribution in [1.82, 2.24) is 18.3 Å². The largest absolute Gasteiger partial charge is 0.253 e. The first-order valence-electron chi connectivity index (χ1n) is 17.5. The average Bonchev–Trinajstić information content (AvgIpc) is 3.85. The van der Waals surface area contributed by atoms with Crippen LogP contribution in [0.5, 0.6) is 0 Å². The van der Waals surface area contributed by atoms with Gasteiger partial charge in [0.05, 0.1) is 55.9 Å². The van der Waals surface area contributed by atoms with Gasteiger partial charge in [-0.1, -0.05) is 25.5 Å². The topological polar surface area (TPSA) is 43.0 Å². The molecule has 0 bridgehead atoms. The summed E-state index contributed by atoms with van der Waals surface area (Å²) in [5.41, 5.74) is 2.69. The fourth-order valence-corrected chi connectivity index (χ4v) is 4.53. The molecule has 0 unspecified atom stereocenters. The van der Waals surface area contributed by atoms with Crippen molar-refractivity contribution in [2.24, 2.45) is 56.4 Å². The SMILES string of the molecule is CCCC[n+]1ccccc1.CCn1cc[n+](C)c1.C[n+]1ccccc1.Cc1c(C)[n+](C)c(C)n1C.Cc1n(C)cc[n+]1C.Cn1cc[n+](C)c1. The van der Waals surface area contributed by atoms with Gasteiger partial charge < -0.3 is 0 Å². The highest BCUT2D eigenvalue weighted by Crippen LogP contribution is 2.02. The van der Waals surface area contributed by atoms with E-state index in [1.807, 2.05) is 135 Å². The Morgan fingerprint density at radius 3 is 1.38 bits per heavy atom. The third-order valence-corrected chi connectivity index (χ3v) is 8.54. The van der Waals surface area contributed by atoms with E-state index in [1.54, 1.807) is 0 Å². The Labute approximate surface area is 303 Å². The van der Waals surface area contributed by atoms with Gasteiger partial charge in [0.2, 0.25) is 12.7 Å². The molecule has 6 rings (SSSR count). The molecule has 0 fully saturated rings. The molecule has 272 valence electrons. The van der Waals surface area contributed by atoms with Gasteiger partial charge in [-0.05, 0) is 6.92 Å². The molecule has 0 N–H and O–H groups in total. The maximum Gasteiger partial charge on any atom is 0.253 e. The molecular formula is C40H68N10+6. The van der Waals surface area contributed by atoms with Gasteiger partial charge in [-0.2, -0.15) is 0 Å². The van der Waals surface area contributed by atoms with E-state index in [1.165, 1.54) is 35.9 Å². The number of aryl methyl sites for hydroxylation is 8. The van der Waals surface area contributed by atoms with Crippen molar-refractivity contribution >= 4 is 0 Å². The summed E-state index contributed by atoms with van der Waals surface area (Å²) in [6.45, 7) is 15.0. The lowest BCUT2D eigenvalue weighted by atomic mass is 10.3. The highest BCUT2D eigenvalue weighted by Gasteiger charge is 2.14. The third kappa shape index (κ3) is 16.5. The molecule has 0 amide bonds. The van der Waals surface area contributed by atoms with Crippen LogP contribution in [0.15, 0.2) is 111 Å². The number of rotatable bonds is 4. The molecule has 10 heteroatoms. The maximum absolute atomic E-state index is 2.21. The van der Waals surface area contributed by atoms with Gasteiger partial charge >= 0.3 is 0 Å². The summed E-state index contributed by atoms with van der Waals surface area (Å²) < 4.78 is 20.9. The van der Waals surface area contributed by atoms with Gasteiger partial charge in [0, 0.05) is 58.4 Å². The molecule has 6 heterocycles. The summed E-state index contributed by atoms with van der Waals surface area (Å²) in [5.74, 6) is 2.57. The van der Waals surface area contributed by atoms with E-state index < -0.39 is 0 Å². The molecule has 6 aromatic rings. The van der Waals surface area contributed by atoms with E-state index >= 15 is 0 Å². The molecule has 0 aliphatic rings. The lowest BCUT2D eigenvalue weighted by molar-refractivity contribution is -0.697. The first kappa shape index (κ1) is 43.2. The lowest BCUT2D eigenvalue weighted by Gasteiger charge is -1.91. The second-order valence-electron chi connectivity index (χ2n) is 12.6. The van der Waals surface area contributed by atoms with Gasteiger partial charge in [0.25, 0.3) is 11.6 Å². The monoisotopic (exact) mass is 689 g/mol. The summed E-state index contributed by atoms with van der Waals surface area (Å²) >= 11 is 0. The fraction of sp³-hybridized carbons (Fsp3) is 0.450. The van der Waals surface area contributed by atoms with Crippen LogP contribution in [-0.2, 0) is 69.5 Å². The Morgan fingerprint density at radius 1 is 0.580 bits per heavy atom. The minimum absolute atomic E-state index is 1.06. The Hall–Kier alpha value is -4.86. The van der Waals surface area contributed by atoms with Crippen molar-refractivity contribution in [2.45, 2.75) is 67.5 Å². The summed E-state index contributed by atoms with van der Waals surface area (Å²) in [6, 6.07) is 12.2. The zero-order valence-electron chi connectivity index (χ0n) is 33.7. The molecule has 0 saturated carbocycles. The Morgan fingerprint density at radius 2 is 1.14 bits per heavy atom. The summed E-state index contributed by atoms with van der Waals surface area (Å²) in [5, 5.41) is 0. The second-order valence-corrected chi connectivity index (χ2v) is 12.6. The molecule has 0 radical (unpaired) electrons. The molecule has 10 nitrogen and oxygen atoms in total. The van der Waals surface area contributed by atoms with Crippen molar-refractivity contribution < 1.29 is 27.4 Å². The van der Waals surface area contributed by atoms with Crippen LogP contribution in [0.2, 0.25) is 0 Å². The van der Waals surface area contributed by atoms with Gasteiger partial charge in [0.1, 0.15) is 62.2 Å². The van der Waals surface area contributed by atoms with E-state index in [2.05, 4.69) is 120 Å². The molecule has 0 saturated heterocycles. The Balaban J connectivity index is 0.000000302. The molecule has 50 heavy (non-hydrogen) atoms. The molecule has 0 aromatic carbocycles. The summed E-state index contributed by atoms with van der Waals surface area (Å²) in [6.07, 6.45) is 27.0. The molecule has 0 atom stereocenters. The van der Waals surface area contributed by atoms with E-state index in [-0.39, 0.29) is 0 Å². The number of pyridine rings is 2. The van der Waals surface area contributed by atoms with Crippen LogP contribution in [-0.4, -0.2) is 18.3 Å². The molecule has 0 aliphatic heterocycles. The predicted molar refractivity (Wildman–Crippen MR) is 199 cm³/mol. The highest BCUT2D eigenvalue weighted by molar-refractivity contribution is 5.05. The first-order valence-corrected chi connectivity index (χ1v) is 17.5. The van der Waals surface area contributed by atoms with Gasteiger partial charge in [0.15, 0.2) is 24.8 Å². The Kier molecular flexibility index (Phi) is 20.3. The minimum atomic E-state index is 1.06. The molecule has 0 aliphatic carbocycles. The van der Waals surface area contributed by atoms with Crippen LogP contribution in [0, 0.1) is 27.7 Å². The van der Waals surface area contributed by atoms with Crippen molar-refractivity contribution in [3.8, 4) is 0 Å². The molecule has 0 spiro atoms. The van der Waals surface area contributed by atoms with E-state index in [9.17, 15) is 0 Å². The number of hydrogen-bond donors (Lipinski definition) is 0. The van der Waals surface area contributed by atoms with Gasteiger partial charge in [-0.3, -0.25) is 0 Å². The molecule has 6 aromatic heterocycles. The molecular weight excluding hydrogens is 621 g/mol. The minimum Gasteiger partial charge on any atom is -0.240 e. The third-order valence-electron chi connectivity index (χ3n) is 8.54. The highest BCUT2D eigenvalue weighted by atomic mass is 15.1. The van der Waals surface area contributed by atoms with Crippen LogP contribution in [0.4, 0.5) is 0 Å². The number of imidazole rings is 4. The Bertz CT molecular complexity index is 1630. The van der Waals surface area contributed by atoms with Crippen LogP contribution in [0.25, 0.3) is 0 Å². The maximum atomic E-state index is 2.21. The van der Waals surface area contributed by atoms with Crippen LogP contribution in [0.1, 0.15) is 49.7 Å². The van der Waals surface area contributed by atoms with Gasteiger partial charge in [-0.25, -0.2) is 45.7 Å². The van der Waals surface area contributed by atoms with Crippen molar-refractivity contribution in [3.63, 3.8) is 0 Å². The number of unbranched alkanes of at least 4 members (excludes halogenated alkanes) is 1. The first-order chi connectivity index (χ1) is 23.7. The van der Waals surface area contributed by atoms with E-state index in [4.69, 9.17) is 0 Å². The average molecular weight is 689 g/mol. The zero-order valence-corrected chi connectivity index (χ0v) is 33.7. The van der Waals surface area contributed by atoms with Gasteiger partial charge in [-0.15, -0.1) is 0 Å². The van der Waals surface area contributed by atoms with Crippen LogP contribution >= 0.6 is 0 Å². The predicted octanol–water partition coefficient (Wildman–Crippen LogP) is 3.40. The smallest absolute Gasteiger partial charge is 0.240 e. The van der Waals surface area contributed by atoms with Crippen LogP contribution < -0.4 is 27.4 Å². The standard InChI is InChI=1S/C9H14N.C8H15N2.2C6H11N2.C6H8N.C5H9N2/c1-2-3-7-10-8-5-4-6-9-10;1-6-7(2)10(5)8(3)9(6)4;1-6-7(2)4-5-8(6)3;1-3-8-5-4-7(2)6-8;1-7-5-3-2-4-6-7;1-6-3-4-7(2)5-6/h4-6,8-9H,2-3,7H2,1H3;1-5H3;4-5H,1-3H3;4-6H,3H2,1-2H3;2-6H,1H3;3-5H,1-2H3/q6*+1. The van der Waals surface area contributed by atoms with E-state index in [0.717, 1.165) is 13.1 Å². The summed E-state index contributed by atoms with van der Waals surface area (Å²) in [4.78, 5) is 0. The lowest BCUT2D eigenvalue weighted by Crippen LogP contribution is -2.32. The number of hydrogen-bond acceptors (Lipinski definition) is 0. The fourth-order valence-electron chi connectivity index (χ4n) is 4.53. The van der Waals surface area contributed by atoms with Crippen molar-refractivity contribution in [2.75, 3.05) is 0 Å². The normalized spacial score (nSPS) is 9.72. The quantitative estimate of drug-likeness (QED) is 0.255. The second kappa shape index (κ2) is 23.5. The van der Waals surface area contributed by atoms with Crippen LogP contribution in [0.3, 0.4) is 0 Å². The summed E-state index contributed by atoms with van der Waals surface area (Å²) in [7, 11) is 16.3. The number of aromatic nitrogens is 10. The van der Waals surface area contributed by atoms with Crippen molar-refractivity contribution in [1.29, 1.82) is 0 Å². The van der Waals surface area contributed by atoms with E-state index in [0.29, 0.717) is 0 Å². The number of nitrogens with zero attached hydrogens (tertiary/aromatic N) is 10.